The molecule has 0 aliphatic carbocycles. The molecular weight excluding hydrogens is 418 g/mol. The van der Waals surface area contributed by atoms with Gasteiger partial charge in [-0.2, -0.15) is 5.26 Å². The molecule has 3 rings (SSSR count). The first-order valence-electron chi connectivity index (χ1n) is 9.94. The maximum Gasteiger partial charge on any atom is 0.240 e. The van der Waals surface area contributed by atoms with E-state index in [9.17, 15) is 10.1 Å². The second kappa shape index (κ2) is 9.92. The van der Waals surface area contributed by atoms with E-state index in [-0.39, 0.29) is 23.3 Å². The van der Waals surface area contributed by atoms with Crippen LogP contribution in [-0.4, -0.2) is 55.3 Å². The lowest BCUT2D eigenvalue weighted by Gasteiger charge is -2.41. The number of hydrogen-bond donors (Lipinski definition) is 3. The predicted molar refractivity (Wildman–Crippen MR) is 119 cm³/mol. The molecule has 1 aromatic carbocycles. The number of nitrogen functional groups attached to an aromatic ring is 1. The number of ether oxygens (including phenoxy) is 1. The minimum atomic E-state index is -0.750. The average molecular weight is 444 g/mol. The number of halogens is 1. The van der Waals surface area contributed by atoms with E-state index >= 15 is 0 Å². The van der Waals surface area contributed by atoms with Crippen molar-refractivity contribution in [2.24, 2.45) is 0 Å². The first-order chi connectivity index (χ1) is 14.9. The normalized spacial score (nSPS) is 16.4. The van der Waals surface area contributed by atoms with Crippen molar-refractivity contribution in [2.75, 3.05) is 44.5 Å². The van der Waals surface area contributed by atoms with Gasteiger partial charge in [-0.25, -0.2) is 9.97 Å². The first kappa shape index (κ1) is 22.7. The summed E-state index contributed by atoms with van der Waals surface area (Å²) >= 11 is 5.99. The lowest BCUT2D eigenvalue weighted by molar-refractivity contribution is -0.129. The average Bonchev–Trinajstić information content (AvgIpc) is 2.79. The molecule has 0 saturated carbocycles. The van der Waals surface area contributed by atoms with E-state index < -0.39 is 5.54 Å². The Balaban J connectivity index is 1.74. The molecule has 2 heterocycles. The number of likely N-dealkylation sites (N-methyl/N-ethyl adjacent to an activating group) is 1. The van der Waals surface area contributed by atoms with Gasteiger partial charge in [-0.05, 0) is 37.6 Å². The van der Waals surface area contributed by atoms with Crippen LogP contribution in [0.5, 0.6) is 0 Å². The molecule has 1 aromatic heterocycles. The molecule has 0 bridgehead atoms. The van der Waals surface area contributed by atoms with Crippen molar-refractivity contribution < 1.29 is 9.53 Å². The fourth-order valence-corrected chi connectivity index (χ4v) is 3.93. The fraction of sp³-hybridized carbons (Fsp3) is 0.429. The minimum absolute atomic E-state index is 0.102. The minimum Gasteiger partial charge on any atom is -0.382 e. The maximum atomic E-state index is 13.3. The van der Waals surface area contributed by atoms with Crippen molar-refractivity contribution in [1.29, 1.82) is 5.26 Å². The van der Waals surface area contributed by atoms with Crippen LogP contribution in [0.15, 0.2) is 30.6 Å². The van der Waals surface area contributed by atoms with Crippen LogP contribution in [0.1, 0.15) is 30.0 Å². The third kappa shape index (κ3) is 4.88. The number of amides is 1. The van der Waals surface area contributed by atoms with Gasteiger partial charge in [-0.1, -0.05) is 23.7 Å². The quantitative estimate of drug-likeness (QED) is 0.589. The van der Waals surface area contributed by atoms with Gasteiger partial charge in [0.15, 0.2) is 5.82 Å². The van der Waals surface area contributed by atoms with E-state index in [0.29, 0.717) is 43.4 Å². The number of methoxy groups -OCH3 is 1. The van der Waals surface area contributed by atoms with E-state index in [1.807, 2.05) is 17.0 Å². The monoisotopic (exact) mass is 443 g/mol. The molecule has 0 spiro atoms. The van der Waals surface area contributed by atoms with Crippen LogP contribution in [0.25, 0.3) is 0 Å². The van der Waals surface area contributed by atoms with Gasteiger partial charge in [-0.15, -0.1) is 0 Å². The van der Waals surface area contributed by atoms with Crippen LogP contribution in [0, 0.1) is 11.3 Å². The van der Waals surface area contributed by atoms with E-state index in [0.717, 1.165) is 5.56 Å². The van der Waals surface area contributed by atoms with Crippen LogP contribution in [0.4, 0.5) is 11.6 Å². The molecule has 0 unspecified atom stereocenters. The molecule has 1 amide bonds. The number of carbonyl (C=O) groups is 1. The highest BCUT2D eigenvalue weighted by Gasteiger charge is 2.41. The van der Waals surface area contributed by atoms with Crippen LogP contribution >= 0.6 is 11.6 Å². The summed E-state index contributed by atoms with van der Waals surface area (Å²) in [5.74, 6) is 0.550. The molecule has 1 aliphatic heterocycles. The second-order valence-electron chi connectivity index (χ2n) is 7.42. The Morgan fingerprint density at radius 1 is 1.35 bits per heavy atom. The number of nitrogens with zero attached hydrogens (tertiary/aromatic N) is 4. The largest absolute Gasteiger partial charge is 0.382 e. The molecular formula is C21H26ClN7O2. The lowest BCUT2D eigenvalue weighted by atomic mass is 9.86. The Hall–Kier alpha value is -2.93. The Morgan fingerprint density at radius 2 is 2.03 bits per heavy atom. The molecule has 1 aliphatic rings. The molecule has 10 heteroatoms. The molecule has 1 atom stereocenters. The zero-order chi connectivity index (χ0) is 22.4. The molecule has 0 radical (unpaired) electrons. The summed E-state index contributed by atoms with van der Waals surface area (Å²) in [6.45, 7) is 1.41. The molecule has 2 aromatic rings. The second-order valence-corrected chi connectivity index (χ2v) is 7.86. The molecule has 1 saturated heterocycles. The zero-order valence-corrected chi connectivity index (χ0v) is 18.3. The fourth-order valence-electron chi connectivity index (χ4n) is 3.81. The third-order valence-electron chi connectivity index (χ3n) is 5.71. The predicted octanol–water partition coefficient (Wildman–Crippen LogP) is 1.65. The van der Waals surface area contributed by atoms with E-state index in [2.05, 4.69) is 26.7 Å². The number of piperidine rings is 1. The third-order valence-corrected chi connectivity index (χ3v) is 5.96. The van der Waals surface area contributed by atoms with Gasteiger partial charge in [0.25, 0.3) is 0 Å². The van der Waals surface area contributed by atoms with Gasteiger partial charge in [-0.3, -0.25) is 4.79 Å². The highest BCUT2D eigenvalue weighted by atomic mass is 35.5. The lowest BCUT2D eigenvalue weighted by Crippen LogP contribution is -2.61. The van der Waals surface area contributed by atoms with Crippen molar-refractivity contribution in [1.82, 2.24) is 20.6 Å². The van der Waals surface area contributed by atoms with Crippen molar-refractivity contribution in [3.8, 4) is 6.07 Å². The van der Waals surface area contributed by atoms with E-state index in [1.54, 1.807) is 26.3 Å². The van der Waals surface area contributed by atoms with Crippen LogP contribution in [-0.2, 0) is 9.53 Å². The summed E-state index contributed by atoms with van der Waals surface area (Å²) in [5.41, 5.74) is 6.24. The molecule has 164 valence electrons. The van der Waals surface area contributed by atoms with Gasteiger partial charge in [0, 0.05) is 25.2 Å². The number of benzene rings is 1. The molecule has 4 N–H and O–H groups in total. The van der Waals surface area contributed by atoms with Crippen LogP contribution < -0.4 is 21.3 Å². The van der Waals surface area contributed by atoms with Gasteiger partial charge in [0.05, 0.1) is 12.6 Å². The Bertz CT molecular complexity index is 953. The molecule has 9 nitrogen and oxygen atoms in total. The van der Waals surface area contributed by atoms with Crippen molar-refractivity contribution >= 4 is 29.1 Å². The van der Waals surface area contributed by atoms with Crippen LogP contribution in [0.3, 0.4) is 0 Å². The number of aromatic nitrogens is 2. The Labute approximate surface area is 186 Å². The topological polar surface area (TPSA) is 129 Å². The smallest absolute Gasteiger partial charge is 0.240 e. The number of rotatable bonds is 7. The number of nitrogens with two attached hydrogens (primary N) is 1. The zero-order valence-electron chi connectivity index (χ0n) is 17.6. The Morgan fingerprint density at radius 3 is 2.61 bits per heavy atom. The van der Waals surface area contributed by atoms with Crippen molar-refractivity contribution in [3.63, 3.8) is 0 Å². The number of anilines is 2. The number of hydrogen-bond acceptors (Lipinski definition) is 8. The number of nitrogens with one attached hydrogen (secondary N) is 2. The number of nitriles is 1. The highest BCUT2D eigenvalue weighted by Crippen LogP contribution is 2.29. The highest BCUT2D eigenvalue weighted by molar-refractivity contribution is 6.30. The molecule has 31 heavy (non-hydrogen) atoms. The van der Waals surface area contributed by atoms with Crippen molar-refractivity contribution in [3.05, 3.63) is 46.7 Å². The standard InChI is InChI=1S/C21H26ClN7O2/c1-25-21(20(30)28-17(12-31-2)14-3-5-15(22)6-4-14)7-9-29(10-8-21)19-16(11-23)18(24)26-13-27-19/h3-6,13,17,25H,7-10,12H2,1-2H3,(H,28,30)(H2,24,26,27)/t17-/m0/s1. The number of carbonyl (C=O) groups excluding carboxylic acids is 1. The first-order valence-corrected chi connectivity index (χ1v) is 10.3. The van der Waals surface area contributed by atoms with Crippen molar-refractivity contribution in [2.45, 2.75) is 24.4 Å². The van der Waals surface area contributed by atoms with Gasteiger partial charge in [0.2, 0.25) is 5.91 Å². The summed E-state index contributed by atoms with van der Waals surface area (Å²) in [6.07, 6.45) is 2.41. The van der Waals surface area contributed by atoms with Crippen LogP contribution in [0.2, 0.25) is 5.02 Å². The SMILES string of the molecule is CNC1(C(=O)N[C@@H](COC)c2ccc(Cl)cc2)CCN(c2ncnc(N)c2C#N)CC1. The van der Waals surface area contributed by atoms with Gasteiger partial charge >= 0.3 is 0 Å². The van der Waals surface area contributed by atoms with Gasteiger partial charge < -0.3 is 26.0 Å². The summed E-state index contributed by atoms with van der Waals surface area (Å²) < 4.78 is 5.32. The van der Waals surface area contributed by atoms with E-state index in [1.165, 1.54) is 6.33 Å². The molecule has 1 fully saturated rings. The van der Waals surface area contributed by atoms with E-state index in [4.69, 9.17) is 22.1 Å². The summed E-state index contributed by atoms with van der Waals surface area (Å²) in [6, 6.07) is 9.11. The Kier molecular flexibility index (Phi) is 7.28. The summed E-state index contributed by atoms with van der Waals surface area (Å²) in [4.78, 5) is 23.4. The maximum absolute atomic E-state index is 13.3. The summed E-state index contributed by atoms with van der Waals surface area (Å²) in [5, 5.41) is 16.4. The van der Waals surface area contributed by atoms with Gasteiger partial charge in [0.1, 0.15) is 29.3 Å². The summed E-state index contributed by atoms with van der Waals surface area (Å²) in [7, 11) is 3.38.